The second-order valence-electron chi connectivity index (χ2n) is 9.26. The van der Waals surface area contributed by atoms with Crippen LogP contribution in [0.25, 0.3) is 0 Å². The number of unbranched alkanes of at least 4 members (excludes halogenated alkanes) is 3. The second kappa shape index (κ2) is 11.9. The highest BCUT2D eigenvalue weighted by Crippen LogP contribution is 2.36. The van der Waals surface area contributed by atoms with Gasteiger partial charge in [-0.3, -0.25) is 4.57 Å². The molecule has 7 heteroatoms. The third-order valence-electron chi connectivity index (χ3n) is 5.15. The molecule has 0 spiro atoms. The van der Waals surface area contributed by atoms with E-state index in [1.807, 2.05) is 11.3 Å². The minimum absolute atomic E-state index is 0.0168. The van der Waals surface area contributed by atoms with Crippen molar-refractivity contribution in [2.24, 2.45) is 5.73 Å². The largest absolute Gasteiger partial charge is 0.325 e. The molecular weight excluding hydrogens is 393 g/mol. The van der Waals surface area contributed by atoms with Crippen LogP contribution in [0.3, 0.4) is 0 Å². The first kappa shape index (κ1) is 25.1. The molecule has 0 amide bonds. The summed E-state index contributed by atoms with van der Waals surface area (Å²) in [5.74, 6) is 0. The van der Waals surface area contributed by atoms with Gasteiger partial charge in [0.25, 0.3) is 0 Å². The van der Waals surface area contributed by atoms with Gasteiger partial charge in [-0.2, -0.15) is 0 Å². The molecule has 0 saturated heterocycles. The number of rotatable bonds is 15. The van der Waals surface area contributed by atoms with Crippen LogP contribution in [0, 0.1) is 0 Å². The van der Waals surface area contributed by atoms with Crippen molar-refractivity contribution < 1.29 is 14.4 Å². The summed E-state index contributed by atoms with van der Waals surface area (Å²) < 4.78 is 11.1. The molecule has 0 aliphatic rings. The van der Waals surface area contributed by atoms with E-state index in [0.29, 0.717) is 6.42 Å². The van der Waals surface area contributed by atoms with Gasteiger partial charge < -0.3 is 15.5 Å². The molecule has 1 unspecified atom stereocenters. The van der Waals surface area contributed by atoms with Crippen LogP contribution in [-0.4, -0.2) is 29.6 Å². The lowest BCUT2D eigenvalue weighted by Gasteiger charge is -2.30. The SMILES string of the molecule is C[Si](C)(C)CCCCC(N)(CCCCc1cccs1)CCCCP(=O)(O)O. The molecule has 1 atom stereocenters. The maximum Gasteiger partial charge on any atom is 0.325 e. The molecule has 0 radical (unpaired) electrons. The minimum Gasteiger partial charge on any atom is -0.325 e. The van der Waals surface area contributed by atoms with Crippen molar-refractivity contribution in [3.05, 3.63) is 22.4 Å². The van der Waals surface area contributed by atoms with Gasteiger partial charge >= 0.3 is 7.60 Å². The first-order chi connectivity index (χ1) is 12.5. The molecule has 1 heterocycles. The Bertz CT molecular complexity index is 556. The molecule has 0 aromatic carbocycles. The molecule has 4 N–H and O–H groups in total. The highest BCUT2D eigenvalue weighted by atomic mass is 32.1. The summed E-state index contributed by atoms with van der Waals surface area (Å²) in [5, 5.41) is 2.13. The molecule has 27 heavy (non-hydrogen) atoms. The van der Waals surface area contributed by atoms with Crippen molar-refractivity contribution in [1.82, 2.24) is 0 Å². The van der Waals surface area contributed by atoms with Crippen molar-refractivity contribution in [3.63, 3.8) is 0 Å². The molecule has 1 aromatic heterocycles. The molecule has 0 saturated carbocycles. The average Bonchev–Trinajstić information content (AvgIpc) is 3.05. The molecule has 0 aliphatic heterocycles. The predicted molar refractivity (Wildman–Crippen MR) is 122 cm³/mol. The first-order valence-electron chi connectivity index (χ1n) is 10.4. The fourth-order valence-corrected chi connectivity index (χ4v) is 6.23. The lowest BCUT2D eigenvalue weighted by molar-refractivity contribution is 0.308. The summed E-state index contributed by atoms with van der Waals surface area (Å²) in [6.07, 6.45) is 10.1. The quantitative estimate of drug-likeness (QED) is 0.179. The monoisotopic (exact) mass is 433 g/mol. The Labute approximate surface area is 171 Å². The Kier molecular flexibility index (Phi) is 11.0. The smallest absolute Gasteiger partial charge is 0.325 e. The highest BCUT2D eigenvalue weighted by molar-refractivity contribution is 7.51. The van der Waals surface area contributed by atoms with Crippen LogP contribution in [0.2, 0.25) is 25.7 Å². The third kappa shape index (κ3) is 13.8. The van der Waals surface area contributed by atoms with Crippen LogP contribution in [-0.2, 0) is 11.0 Å². The second-order valence-corrected chi connectivity index (χ2v) is 17.7. The summed E-state index contributed by atoms with van der Waals surface area (Å²) in [4.78, 5) is 19.5. The van der Waals surface area contributed by atoms with Crippen LogP contribution in [0.15, 0.2) is 17.5 Å². The lowest BCUT2D eigenvalue weighted by atomic mass is 9.83. The Morgan fingerprint density at radius 2 is 1.63 bits per heavy atom. The van der Waals surface area contributed by atoms with Gasteiger partial charge in [0.1, 0.15) is 0 Å². The summed E-state index contributed by atoms with van der Waals surface area (Å²) >= 11 is 1.82. The van der Waals surface area contributed by atoms with Crippen LogP contribution < -0.4 is 5.73 Å². The predicted octanol–water partition coefficient (Wildman–Crippen LogP) is 6.01. The van der Waals surface area contributed by atoms with E-state index in [9.17, 15) is 4.57 Å². The molecule has 1 aromatic rings. The van der Waals surface area contributed by atoms with Crippen molar-refractivity contribution in [2.75, 3.05) is 6.16 Å². The van der Waals surface area contributed by atoms with Gasteiger partial charge in [-0.1, -0.05) is 57.4 Å². The standard InChI is InChI=1S/C20H40NO3PSSi/c1-27(2,3)18-9-7-15-20(21,14-6-8-16-25(22,23)24)13-5-4-11-19-12-10-17-26-19/h10,12,17H,4-9,11,13-16,18,21H2,1-3H3,(H2,22,23,24). The Balaban J connectivity index is 2.41. The normalized spacial score (nSPS) is 15.0. The van der Waals surface area contributed by atoms with Gasteiger partial charge in [0.15, 0.2) is 0 Å². The van der Waals surface area contributed by atoms with Gasteiger partial charge in [-0.15, -0.1) is 11.3 Å². The van der Waals surface area contributed by atoms with E-state index in [1.165, 1.54) is 23.8 Å². The minimum atomic E-state index is -3.88. The maximum absolute atomic E-state index is 11.1. The Morgan fingerprint density at radius 1 is 1.04 bits per heavy atom. The zero-order valence-corrected chi connectivity index (χ0v) is 20.2. The molecule has 4 nitrogen and oxygen atoms in total. The van der Waals surface area contributed by atoms with E-state index in [2.05, 4.69) is 37.2 Å². The van der Waals surface area contributed by atoms with E-state index in [1.54, 1.807) is 0 Å². The van der Waals surface area contributed by atoms with Gasteiger partial charge in [0, 0.05) is 24.7 Å². The maximum atomic E-state index is 11.1. The summed E-state index contributed by atoms with van der Waals surface area (Å²) in [6.45, 7) is 7.24. The molecule has 0 bridgehead atoms. The van der Waals surface area contributed by atoms with E-state index in [4.69, 9.17) is 15.5 Å². The number of thiophene rings is 1. The van der Waals surface area contributed by atoms with E-state index >= 15 is 0 Å². The number of hydrogen-bond acceptors (Lipinski definition) is 3. The van der Waals surface area contributed by atoms with Gasteiger partial charge in [-0.05, 0) is 50.0 Å². The average molecular weight is 434 g/mol. The number of hydrogen-bond donors (Lipinski definition) is 3. The van der Waals surface area contributed by atoms with Crippen molar-refractivity contribution in [2.45, 2.75) is 95.4 Å². The van der Waals surface area contributed by atoms with Crippen molar-refractivity contribution >= 4 is 27.0 Å². The van der Waals surface area contributed by atoms with Crippen LogP contribution in [0.5, 0.6) is 0 Å². The van der Waals surface area contributed by atoms with E-state index in [-0.39, 0.29) is 11.7 Å². The van der Waals surface area contributed by atoms with Gasteiger partial charge in [0.05, 0.1) is 0 Å². The van der Waals surface area contributed by atoms with Crippen LogP contribution in [0.4, 0.5) is 0 Å². The van der Waals surface area contributed by atoms with Gasteiger partial charge in [0.2, 0.25) is 0 Å². The Morgan fingerprint density at radius 3 is 2.15 bits per heavy atom. The number of aryl methyl sites for hydroxylation is 1. The summed E-state index contributed by atoms with van der Waals surface area (Å²) in [7, 11) is -4.88. The Hall–Kier alpha value is 0.0269. The highest BCUT2D eigenvalue weighted by Gasteiger charge is 2.25. The molecule has 0 fully saturated rings. The molecular formula is C20H40NO3PSSi. The molecule has 158 valence electrons. The molecule has 1 rings (SSSR count). The van der Waals surface area contributed by atoms with Crippen molar-refractivity contribution in [3.8, 4) is 0 Å². The van der Waals surface area contributed by atoms with Crippen LogP contribution in [0.1, 0.15) is 62.7 Å². The lowest BCUT2D eigenvalue weighted by Crippen LogP contribution is -2.40. The number of nitrogens with two attached hydrogens (primary N) is 1. The van der Waals surface area contributed by atoms with E-state index in [0.717, 1.165) is 44.9 Å². The van der Waals surface area contributed by atoms with Crippen molar-refractivity contribution in [1.29, 1.82) is 0 Å². The fourth-order valence-electron chi connectivity index (χ4n) is 3.53. The topological polar surface area (TPSA) is 83.6 Å². The summed E-state index contributed by atoms with van der Waals surface area (Å²) in [5.41, 5.74) is 6.60. The van der Waals surface area contributed by atoms with Gasteiger partial charge in [-0.25, -0.2) is 0 Å². The zero-order valence-electron chi connectivity index (χ0n) is 17.5. The van der Waals surface area contributed by atoms with Crippen LogP contribution >= 0.6 is 18.9 Å². The van der Waals surface area contributed by atoms with E-state index < -0.39 is 15.7 Å². The summed E-state index contributed by atoms with van der Waals surface area (Å²) in [6, 6.07) is 5.64. The first-order valence-corrected chi connectivity index (χ1v) is 16.7. The molecule has 0 aliphatic carbocycles. The zero-order chi connectivity index (χ0) is 20.4. The fraction of sp³-hybridized carbons (Fsp3) is 0.800. The third-order valence-corrected chi connectivity index (χ3v) is 8.84.